The summed E-state index contributed by atoms with van der Waals surface area (Å²) in [7, 11) is 0. The third kappa shape index (κ3) is 5.38. The average Bonchev–Trinajstić information content (AvgIpc) is 3.00. The maximum Gasteiger partial charge on any atom is 0.163 e. The van der Waals surface area contributed by atoms with Crippen molar-refractivity contribution in [3.8, 4) is 62.2 Å². The van der Waals surface area contributed by atoms with E-state index in [1.165, 1.54) is 0 Å². The highest BCUT2D eigenvalue weighted by molar-refractivity contribution is 5.95. The van der Waals surface area contributed by atoms with Crippen LogP contribution in [-0.2, 0) is 0 Å². The smallest absolute Gasteiger partial charge is 0.163 e. The van der Waals surface area contributed by atoms with E-state index >= 15 is 0 Å². The summed E-state index contributed by atoms with van der Waals surface area (Å²) in [4.78, 5) is 27.1. The third-order valence-corrected chi connectivity index (χ3v) is 6.95. The number of nitriles is 1. The van der Waals surface area contributed by atoms with Crippen molar-refractivity contribution < 1.29 is 0 Å². The fourth-order valence-electron chi connectivity index (χ4n) is 5.20. The minimum atomic E-state index is 0.620. The van der Waals surface area contributed by atoms with E-state index < -0.39 is 0 Å². The molecule has 0 spiro atoms. The zero-order valence-corrected chi connectivity index (χ0v) is 23.8. The maximum absolute atomic E-state index is 9.38. The molecule has 7 nitrogen and oxygen atoms in total. The summed E-state index contributed by atoms with van der Waals surface area (Å²) < 4.78 is 0. The number of hydrogen-bond donors (Lipinski definition) is 0. The molecule has 0 radical (unpaired) electrons. The van der Waals surface area contributed by atoms with E-state index in [4.69, 9.17) is 0 Å². The number of rotatable bonds is 5. The normalized spacial score (nSPS) is 10.8. The first kappa shape index (κ1) is 26.6. The van der Waals surface area contributed by atoms with Gasteiger partial charge < -0.3 is 0 Å². The molecule has 0 N–H and O–H groups in total. The Kier molecular flexibility index (Phi) is 7.03. The summed E-state index contributed by atoms with van der Waals surface area (Å²) in [6, 6.07) is 32.8. The molecule has 202 valence electrons. The van der Waals surface area contributed by atoms with Crippen molar-refractivity contribution in [2.45, 2.75) is 27.7 Å². The quantitative estimate of drug-likeness (QED) is 0.221. The van der Waals surface area contributed by atoms with Gasteiger partial charge in [-0.05, 0) is 85.3 Å². The molecule has 0 bridgehead atoms. The Labute approximate surface area is 244 Å². The molecule has 0 saturated heterocycles. The van der Waals surface area contributed by atoms with E-state index in [9.17, 15) is 5.26 Å². The molecule has 6 rings (SSSR count). The van der Waals surface area contributed by atoms with Gasteiger partial charge in [0.05, 0.1) is 11.6 Å². The lowest BCUT2D eigenvalue weighted by molar-refractivity contribution is 0.928. The van der Waals surface area contributed by atoms with Crippen molar-refractivity contribution in [2.75, 3.05) is 0 Å². The fourth-order valence-corrected chi connectivity index (χ4v) is 5.20. The Morgan fingerprint density at radius 3 is 1.40 bits per heavy atom. The SMILES string of the molecule is Cc1nc(C)nc(-c2cccc(-c3cccc(-c4ccc(C#N)cc4)c3-c3cccc(-c4nc(C)nc(C)n4)c3)c2)n1. The number of nitrogens with zero attached hydrogens (tertiary/aromatic N) is 7. The molecule has 42 heavy (non-hydrogen) atoms. The van der Waals surface area contributed by atoms with Gasteiger partial charge in [-0.1, -0.05) is 66.7 Å². The highest BCUT2D eigenvalue weighted by Gasteiger charge is 2.17. The second kappa shape index (κ2) is 11.1. The minimum Gasteiger partial charge on any atom is -0.219 e. The van der Waals surface area contributed by atoms with Crippen LogP contribution in [-0.4, -0.2) is 29.9 Å². The first-order valence-corrected chi connectivity index (χ1v) is 13.6. The van der Waals surface area contributed by atoms with Crippen LogP contribution in [0.4, 0.5) is 0 Å². The van der Waals surface area contributed by atoms with Gasteiger partial charge in [0.25, 0.3) is 0 Å². The number of hydrogen-bond acceptors (Lipinski definition) is 7. The van der Waals surface area contributed by atoms with Crippen LogP contribution in [0.2, 0.25) is 0 Å². The molecule has 6 aromatic rings. The van der Waals surface area contributed by atoms with E-state index in [1.807, 2.05) is 76.2 Å². The summed E-state index contributed by atoms with van der Waals surface area (Å²) in [6.45, 7) is 7.51. The number of benzene rings is 4. The van der Waals surface area contributed by atoms with Gasteiger partial charge in [0.2, 0.25) is 0 Å². The summed E-state index contributed by atoms with van der Waals surface area (Å²) in [5.41, 5.74) is 8.69. The van der Waals surface area contributed by atoms with Gasteiger partial charge >= 0.3 is 0 Å². The van der Waals surface area contributed by atoms with E-state index in [0.717, 1.165) is 44.5 Å². The van der Waals surface area contributed by atoms with E-state index in [-0.39, 0.29) is 0 Å². The summed E-state index contributed by atoms with van der Waals surface area (Å²) in [5, 5.41) is 9.38. The van der Waals surface area contributed by atoms with Crippen LogP contribution in [0.25, 0.3) is 56.2 Å². The Morgan fingerprint density at radius 1 is 0.452 bits per heavy atom. The molecule has 0 aliphatic rings. The van der Waals surface area contributed by atoms with Crippen molar-refractivity contribution in [1.82, 2.24) is 29.9 Å². The Hall–Kier alpha value is -5.61. The van der Waals surface area contributed by atoms with Gasteiger partial charge in [-0.15, -0.1) is 0 Å². The molecule has 2 heterocycles. The van der Waals surface area contributed by atoms with Crippen molar-refractivity contribution in [3.63, 3.8) is 0 Å². The molecular weight excluding hydrogens is 518 g/mol. The topological polar surface area (TPSA) is 101 Å². The zero-order valence-electron chi connectivity index (χ0n) is 23.8. The Morgan fingerprint density at radius 2 is 0.881 bits per heavy atom. The van der Waals surface area contributed by atoms with Crippen molar-refractivity contribution in [3.05, 3.63) is 120 Å². The minimum absolute atomic E-state index is 0.620. The van der Waals surface area contributed by atoms with Crippen LogP contribution in [0.1, 0.15) is 28.9 Å². The van der Waals surface area contributed by atoms with Crippen LogP contribution in [0.5, 0.6) is 0 Å². The van der Waals surface area contributed by atoms with Gasteiger partial charge in [0.1, 0.15) is 23.3 Å². The largest absolute Gasteiger partial charge is 0.219 e. The fraction of sp³-hybridized carbons (Fsp3) is 0.114. The third-order valence-electron chi connectivity index (χ3n) is 6.95. The standard InChI is InChI=1S/C35H27N7/c1-21-37-22(2)40-34(39-21)29-10-5-8-27(18-29)32-13-7-12-31(26-16-14-25(20-36)15-17-26)33(32)28-9-6-11-30(19-28)35-41-23(3)38-24(4)42-35/h5-19H,1-4H3. The summed E-state index contributed by atoms with van der Waals surface area (Å²) >= 11 is 0. The predicted molar refractivity (Wildman–Crippen MR) is 164 cm³/mol. The van der Waals surface area contributed by atoms with Crippen molar-refractivity contribution in [2.24, 2.45) is 0 Å². The van der Waals surface area contributed by atoms with Crippen LogP contribution in [0, 0.1) is 39.0 Å². The lowest BCUT2D eigenvalue weighted by atomic mass is 9.86. The molecule has 0 saturated carbocycles. The van der Waals surface area contributed by atoms with Crippen molar-refractivity contribution >= 4 is 0 Å². The Bertz CT molecular complexity index is 1950. The molecular formula is C35H27N7. The highest BCUT2D eigenvalue weighted by atomic mass is 15.0. The van der Waals surface area contributed by atoms with Gasteiger partial charge in [-0.2, -0.15) is 5.26 Å². The number of aromatic nitrogens is 6. The zero-order chi connectivity index (χ0) is 29.2. The Balaban J connectivity index is 1.57. The lowest BCUT2D eigenvalue weighted by Gasteiger charge is -2.17. The molecule has 0 aliphatic heterocycles. The van der Waals surface area contributed by atoms with Crippen LogP contribution in [0.15, 0.2) is 91.0 Å². The second-order valence-electron chi connectivity index (χ2n) is 10.1. The maximum atomic E-state index is 9.38. The highest BCUT2D eigenvalue weighted by Crippen LogP contribution is 2.41. The van der Waals surface area contributed by atoms with E-state index in [2.05, 4.69) is 78.4 Å². The second-order valence-corrected chi connectivity index (χ2v) is 10.1. The predicted octanol–water partition coefficient (Wildman–Crippen LogP) is 7.50. The monoisotopic (exact) mass is 545 g/mol. The van der Waals surface area contributed by atoms with E-state index in [1.54, 1.807) is 0 Å². The molecule has 0 aliphatic carbocycles. The van der Waals surface area contributed by atoms with Crippen LogP contribution < -0.4 is 0 Å². The molecule has 4 aromatic carbocycles. The van der Waals surface area contributed by atoms with Gasteiger partial charge in [0.15, 0.2) is 11.6 Å². The lowest BCUT2D eigenvalue weighted by Crippen LogP contribution is -1.99. The van der Waals surface area contributed by atoms with Gasteiger partial charge in [-0.25, -0.2) is 29.9 Å². The molecule has 0 atom stereocenters. The first-order chi connectivity index (χ1) is 20.4. The molecule has 0 unspecified atom stereocenters. The molecule has 7 heteroatoms. The number of aryl methyl sites for hydroxylation is 4. The van der Waals surface area contributed by atoms with Crippen molar-refractivity contribution in [1.29, 1.82) is 5.26 Å². The summed E-state index contributed by atoms with van der Waals surface area (Å²) in [5.74, 6) is 4.03. The van der Waals surface area contributed by atoms with Crippen LogP contribution in [0.3, 0.4) is 0 Å². The van der Waals surface area contributed by atoms with Crippen LogP contribution >= 0.6 is 0 Å². The average molecular weight is 546 g/mol. The van der Waals surface area contributed by atoms with Gasteiger partial charge in [0, 0.05) is 11.1 Å². The van der Waals surface area contributed by atoms with E-state index in [0.29, 0.717) is 40.5 Å². The van der Waals surface area contributed by atoms with Gasteiger partial charge in [-0.3, -0.25) is 0 Å². The summed E-state index contributed by atoms with van der Waals surface area (Å²) in [6.07, 6.45) is 0. The molecule has 0 fully saturated rings. The molecule has 0 amide bonds. The first-order valence-electron chi connectivity index (χ1n) is 13.6. The molecule has 2 aromatic heterocycles.